The minimum Gasteiger partial charge on any atom is -0.444 e. The molecule has 16 heteroatoms. The molecule has 1 aromatic rings. The number of carbonyl (C=O) groups excluding carboxylic acids is 6. The summed E-state index contributed by atoms with van der Waals surface area (Å²) >= 11 is 0. The molecule has 0 unspecified atom stereocenters. The van der Waals surface area contributed by atoms with E-state index < -0.39 is 86.1 Å². The van der Waals surface area contributed by atoms with Crippen molar-refractivity contribution < 1.29 is 41.9 Å². The lowest BCUT2D eigenvalue weighted by Crippen LogP contribution is -2.58. The molecule has 3 fully saturated rings. The summed E-state index contributed by atoms with van der Waals surface area (Å²) in [5.41, 5.74) is 3.38. The molecule has 2 heterocycles. The third-order valence-corrected chi connectivity index (χ3v) is 11.2. The molecule has 2 aliphatic carbocycles. The van der Waals surface area contributed by atoms with Gasteiger partial charge in [0.15, 0.2) is 0 Å². The van der Waals surface area contributed by atoms with Crippen molar-refractivity contribution in [3.05, 3.63) is 47.5 Å². The van der Waals surface area contributed by atoms with Crippen molar-refractivity contribution in [2.75, 3.05) is 6.54 Å². The highest BCUT2D eigenvalue weighted by Crippen LogP contribution is 2.46. The molecular formula is C34H46N6O9S. The van der Waals surface area contributed by atoms with Crippen LogP contribution in [0, 0.1) is 5.92 Å². The number of benzene rings is 1. The second-order valence-corrected chi connectivity index (χ2v) is 16.5. The predicted octanol–water partition coefficient (Wildman–Crippen LogP) is 1.38. The fraction of sp³-hybridized carbons (Fsp3) is 0.588. The number of nitrogens with two attached hydrogens (primary N) is 1. The number of nitrogens with zero attached hydrogens (tertiary/aromatic N) is 1. The van der Waals surface area contributed by atoms with Crippen LogP contribution in [0.2, 0.25) is 0 Å². The van der Waals surface area contributed by atoms with Crippen LogP contribution in [0.15, 0.2) is 36.4 Å². The maximum atomic E-state index is 14.2. The Morgan fingerprint density at radius 3 is 2.30 bits per heavy atom. The number of rotatable bonds is 7. The fourth-order valence-corrected chi connectivity index (χ4v) is 7.77. The summed E-state index contributed by atoms with van der Waals surface area (Å²) in [6, 6.07) is 2.75. The van der Waals surface area contributed by atoms with Crippen molar-refractivity contribution in [3.8, 4) is 0 Å². The average molecular weight is 715 g/mol. The number of amides is 6. The topological polar surface area (TPSA) is 223 Å². The van der Waals surface area contributed by atoms with Crippen molar-refractivity contribution in [2.24, 2.45) is 11.7 Å². The lowest BCUT2D eigenvalue weighted by molar-refractivity contribution is -0.141. The van der Waals surface area contributed by atoms with Gasteiger partial charge in [-0.15, -0.1) is 0 Å². The van der Waals surface area contributed by atoms with E-state index in [2.05, 4.69) is 20.7 Å². The van der Waals surface area contributed by atoms with E-state index in [-0.39, 0.29) is 36.9 Å². The molecule has 50 heavy (non-hydrogen) atoms. The van der Waals surface area contributed by atoms with Crippen molar-refractivity contribution in [2.45, 2.75) is 113 Å². The Morgan fingerprint density at radius 2 is 1.66 bits per heavy atom. The Morgan fingerprint density at radius 1 is 0.980 bits per heavy atom. The number of carbonyl (C=O) groups is 6. The quantitative estimate of drug-likeness (QED) is 0.257. The van der Waals surface area contributed by atoms with Crippen LogP contribution in [-0.2, 0) is 29.1 Å². The van der Waals surface area contributed by atoms with Crippen LogP contribution >= 0.6 is 0 Å². The Hall–Kier alpha value is -4.47. The monoisotopic (exact) mass is 714 g/mol. The summed E-state index contributed by atoms with van der Waals surface area (Å²) in [4.78, 5) is 80.7. The van der Waals surface area contributed by atoms with Gasteiger partial charge in [-0.05, 0) is 90.0 Å². The summed E-state index contributed by atoms with van der Waals surface area (Å²) < 4.78 is 33.0. The van der Waals surface area contributed by atoms with Gasteiger partial charge >= 0.3 is 6.09 Å². The van der Waals surface area contributed by atoms with E-state index >= 15 is 0 Å². The first-order valence-electron chi connectivity index (χ1n) is 17.0. The first kappa shape index (κ1) is 36.8. The highest BCUT2D eigenvalue weighted by Gasteiger charge is 2.62. The highest BCUT2D eigenvalue weighted by molar-refractivity contribution is 7.91. The molecule has 272 valence electrons. The van der Waals surface area contributed by atoms with E-state index in [0.717, 1.165) is 12.8 Å². The van der Waals surface area contributed by atoms with Crippen LogP contribution in [0.4, 0.5) is 4.79 Å². The zero-order chi connectivity index (χ0) is 36.4. The SMILES string of the molecule is CC(C)(C)OC(=O)N[C@H]1CCCCC/C=C\[C@@H]2C[C@@]2(C(=O)NS(=O)(=O)C2CC2)NC(=O)[C@@H]2C[C@@H](NC(=O)c3ccc(C(N)=O)cc3)CN2C1=O. The minimum absolute atomic E-state index is 0.0274. The smallest absolute Gasteiger partial charge is 0.408 e. The molecule has 5 atom stereocenters. The second-order valence-electron chi connectivity index (χ2n) is 14.6. The molecule has 0 spiro atoms. The standard InChI is InChI=1S/C34H46N6O9S/c1-33(2,3)49-32(46)37-25-10-8-6-4-5-7-9-22-18-34(22,31(45)39-50(47,48)24-15-16-24)38-29(43)26-17-23(19-40(26)30(25)44)36-28(42)21-13-11-20(12-14-21)27(35)41/h7,9,11-14,22-26H,4-6,8,10,15-19H2,1-3H3,(H2,35,41)(H,36,42)(H,37,46)(H,38,43)(H,39,45)/b9-7-/t22-,23-,25+,26+,34-/m1/s1. The van der Waals surface area contributed by atoms with Crippen LogP contribution in [0.1, 0.15) is 99.3 Å². The molecule has 2 saturated carbocycles. The molecule has 6 amide bonds. The number of fused-ring (bicyclic) bond motifs is 2. The van der Waals surface area contributed by atoms with E-state index in [0.29, 0.717) is 25.7 Å². The molecule has 1 aromatic carbocycles. The van der Waals surface area contributed by atoms with E-state index in [1.807, 2.05) is 12.2 Å². The van der Waals surface area contributed by atoms with Crippen molar-refractivity contribution in [1.82, 2.24) is 25.6 Å². The number of alkyl carbamates (subject to hydrolysis) is 1. The van der Waals surface area contributed by atoms with Crippen LogP contribution in [0.5, 0.6) is 0 Å². The molecule has 0 aromatic heterocycles. The summed E-state index contributed by atoms with van der Waals surface area (Å²) in [5, 5.41) is 7.66. The predicted molar refractivity (Wildman–Crippen MR) is 181 cm³/mol. The lowest BCUT2D eigenvalue weighted by atomic mass is 10.0. The summed E-state index contributed by atoms with van der Waals surface area (Å²) in [5.74, 6) is -3.71. The third-order valence-electron chi connectivity index (χ3n) is 9.34. The molecule has 15 nitrogen and oxygen atoms in total. The molecule has 0 radical (unpaired) electrons. The highest BCUT2D eigenvalue weighted by atomic mass is 32.2. The largest absolute Gasteiger partial charge is 0.444 e. The zero-order valence-electron chi connectivity index (χ0n) is 28.5. The van der Waals surface area contributed by atoms with Crippen LogP contribution in [0.25, 0.3) is 0 Å². The molecule has 5 rings (SSSR count). The lowest BCUT2D eigenvalue weighted by Gasteiger charge is -2.30. The van der Waals surface area contributed by atoms with Crippen LogP contribution in [0.3, 0.4) is 0 Å². The average Bonchev–Trinajstić information content (AvgIpc) is 3.95. The fourth-order valence-electron chi connectivity index (χ4n) is 6.41. The Bertz CT molecular complexity index is 1670. The van der Waals surface area contributed by atoms with E-state index in [9.17, 15) is 37.2 Å². The van der Waals surface area contributed by atoms with Gasteiger partial charge in [-0.25, -0.2) is 13.2 Å². The molecular weight excluding hydrogens is 668 g/mol. The molecule has 4 aliphatic rings. The van der Waals surface area contributed by atoms with Gasteiger partial charge in [0.25, 0.3) is 11.8 Å². The van der Waals surface area contributed by atoms with E-state index in [1.165, 1.54) is 29.2 Å². The molecule has 0 bridgehead atoms. The van der Waals surface area contributed by atoms with Gasteiger partial charge in [0.05, 0.1) is 5.25 Å². The Kier molecular flexibility index (Phi) is 10.6. The number of allylic oxidation sites excluding steroid dienone is 1. The number of sulfonamides is 1. The number of primary amides is 1. The number of hydrogen-bond donors (Lipinski definition) is 5. The summed E-state index contributed by atoms with van der Waals surface area (Å²) in [6.07, 6.45) is 6.99. The Balaban J connectivity index is 1.42. The van der Waals surface area contributed by atoms with Crippen molar-refractivity contribution >= 4 is 45.7 Å². The number of nitrogens with one attached hydrogen (secondary N) is 4. The first-order chi connectivity index (χ1) is 23.5. The van der Waals surface area contributed by atoms with Gasteiger partial charge in [-0.3, -0.25) is 28.7 Å². The molecule has 1 saturated heterocycles. The normalized spacial score (nSPS) is 28.0. The van der Waals surface area contributed by atoms with Gasteiger partial charge in [0.2, 0.25) is 27.7 Å². The maximum Gasteiger partial charge on any atom is 0.408 e. The summed E-state index contributed by atoms with van der Waals surface area (Å²) in [7, 11) is -3.91. The minimum atomic E-state index is -3.91. The number of ether oxygens (including phenoxy) is 1. The van der Waals surface area contributed by atoms with Crippen molar-refractivity contribution in [1.29, 1.82) is 0 Å². The van der Waals surface area contributed by atoms with E-state index in [1.54, 1.807) is 20.8 Å². The molecule has 2 aliphatic heterocycles. The van der Waals surface area contributed by atoms with Crippen LogP contribution < -0.4 is 26.4 Å². The third kappa shape index (κ3) is 8.81. The second kappa shape index (κ2) is 14.4. The van der Waals surface area contributed by atoms with Gasteiger partial charge in [-0.1, -0.05) is 25.0 Å². The van der Waals surface area contributed by atoms with Gasteiger partial charge in [-0.2, -0.15) is 0 Å². The first-order valence-corrected chi connectivity index (χ1v) is 18.6. The van der Waals surface area contributed by atoms with Gasteiger partial charge < -0.3 is 31.3 Å². The maximum absolute atomic E-state index is 14.2. The zero-order valence-corrected chi connectivity index (χ0v) is 29.3. The van der Waals surface area contributed by atoms with Gasteiger partial charge in [0, 0.05) is 29.6 Å². The number of hydrogen-bond acceptors (Lipinski definition) is 9. The Labute approximate surface area is 291 Å². The van der Waals surface area contributed by atoms with Crippen LogP contribution in [-0.4, -0.2) is 90.0 Å². The summed E-state index contributed by atoms with van der Waals surface area (Å²) in [6.45, 7) is 5.00. The van der Waals surface area contributed by atoms with Gasteiger partial charge in [0.1, 0.15) is 23.2 Å². The molecule has 6 N–H and O–H groups in total. The van der Waals surface area contributed by atoms with E-state index in [4.69, 9.17) is 10.5 Å². The van der Waals surface area contributed by atoms with Crippen molar-refractivity contribution in [3.63, 3.8) is 0 Å².